The van der Waals surface area contributed by atoms with E-state index in [-0.39, 0.29) is 27.9 Å². The Morgan fingerprint density at radius 3 is 2.34 bits per heavy atom. The number of amides is 1. The Bertz CT molecular complexity index is 1110. The standard InChI is InChI=1S/C18H19ClN2O6S2/c1-27-14-5-7-15(8-6-14)28(23,24)17-11-21(12-17)18(22)10-20-29(25,26)16-4-2-3-13(19)9-16/h2-9,17,20H,10-12H2,1H3. The summed E-state index contributed by atoms with van der Waals surface area (Å²) in [6, 6.07) is 11.7. The van der Waals surface area contributed by atoms with Crippen molar-refractivity contribution in [2.45, 2.75) is 15.0 Å². The SMILES string of the molecule is COc1ccc(S(=O)(=O)C2CN(C(=O)CNS(=O)(=O)c3cccc(Cl)c3)C2)cc1. The van der Waals surface area contributed by atoms with Crippen molar-refractivity contribution < 1.29 is 26.4 Å². The Hall–Kier alpha value is -2.14. The molecule has 8 nitrogen and oxygen atoms in total. The molecule has 0 aliphatic carbocycles. The Balaban J connectivity index is 1.57. The van der Waals surface area contributed by atoms with Gasteiger partial charge < -0.3 is 9.64 Å². The van der Waals surface area contributed by atoms with Crippen LogP contribution in [0, 0.1) is 0 Å². The van der Waals surface area contributed by atoms with Crippen LogP contribution in [0.5, 0.6) is 5.75 Å². The number of likely N-dealkylation sites (tertiary alicyclic amines) is 1. The first-order chi connectivity index (χ1) is 13.6. The fourth-order valence-electron chi connectivity index (χ4n) is 2.78. The van der Waals surface area contributed by atoms with Gasteiger partial charge in [-0.05, 0) is 42.5 Å². The molecule has 1 fully saturated rings. The number of benzene rings is 2. The number of carbonyl (C=O) groups is 1. The molecule has 1 amide bonds. The fourth-order valence-corrected chi connectivity index (χ4v) is 5.71. The number of nitrogens with one attached hydrogen (secondary N) is 1. The van der Waals surface area contributed by atoms with Crippen molar-refractivity contribution >= 4 is 37.4 Å². The lowest BCUT2D eigenvalue weighted by Crippen LogP contribution is -2.58. The minimum Gasteiger partial charge on any atom is -0.497 e. The normalized spacial score (nSPS) is 15.0. The lowest BCUT2D eigenvalue weighted by atomic mass is 10.2. The first-order valence-corrected chi connectivity index (χ1v) is 12.0. The molecule has 0 aromatic heterocycles. The number of nitrogens with zero attached hydrogens (tertiary/aromatic N) is 1. The van der Waals surface area contributed by atoms with Crippen LogP contribution < -0.4 is 9.46 Å². The van der Waals surface area contributed by atoms with Crippen molar-refractivity contribution in [3.8, 4) is 5.75 Å². The Labute approximate surface area is 174 Å². The van der Waals surface area contributed by atoms with Crippen molar-refractivity contribution in [2.75, 3.05) is 26.7 Å². The monoisotopic (exact) mass is 458 g/mol. The van der Waals surface area contributed by atoms with E-state index in [9.17, 15) is 21.6 Å². The van der Waals surface area contributed by atoms with E-state index in [2.05, 4.69) is 4.72 Å². The van der Waals surface area contributed by atoms with Crippen LogP contribution in [0.4, 0.5) is 0 Å². The molecule has 1 heterocycles. The zero-order valence-electron chi connectivity index (χ0n) is 15.4. The second-order valence-corrected chi connectivity index (χ2v) is 10.9. The minimum absolute atomic E-state index is 0.00604. The number of methoxy groups -OCH3 is 1. The van der Waals surface area contributed by atoms with Gasteiger partial charge >= 0.3 is 0 Å². The molecule has 1 saturated heterocycles. The van der Waals surface area contributed by atoms with Crippen LogP contribution in [0.25, 0.3) is 0 Å². The van der Waals surface area contributed by atoms with Gasteiger partial charge in [-0.2, -0.15) is 0 Å². The number of rotatable bonds is 7. The third kappa shape index (κ3) is 4.72. The predicted octanol–water partition coefficient (Wildman–Crippen LogP) is 1.31. The zero-order valence-corrected chi connectivity index (χ0v) is 17.8. The van der Waals surface area contributed by atoms with Crippen molar-refractivity contribution in [1.29, 1.82) is 0 Å². The Morgan fingerprint density at radius 2 is 1.76 bits per heavy atom. The second kappa shape index (κ2) is 8.31. The maximum atomic E-state index is 12.6. The molecule has 3 rings (SSSR count). The highest BCUT2D eigenvalue weighted by molar-refractivity contribution is 7.92. The molecule has 11 heteroatoms. The zero-order chi connectivity index (χ0) is 21.2. The highest BCUT2D eigenvalue weighted by Crippen LogP contribution is 2.25. The van der Waals surface area contributed by atoms with E-state index in [1.165, 1.54) is 48.4 Å². The fraction of sp³-hybridized carbons (Fsp3) is 0.278. The number of hydrogen-bond donors (Lipinski definition) is 1. The van der Waals surface area contributed by atoms with E-state index in [0.29, 0.717) is 5.75 Å². The van der Waals surface area contributed by atoms with Crippen LogP contribution in [-0.2, 0) is 24.7 Å². The van der Waals surface area contributed by atoms with Crippen molar-refractivity contribution in [2.24, 2.45) is 0 Å². The number of sulfonamides is 1. The minimum atomic E-state index is -3.90. The Morgan fingerprint density at radius 1 is 1.10 bits per heavy atom. The summed E-state index contributed by atoms with van der Waals surface area (Å²) < 4.78 is 56.9. The van der Waals surface area contributed by atoms with E-state index in [1.54, 1.807) is 12.1 Å². The lowest BCUT2D eigenvalue weighted by Gasteiger charge is -2.38. The number of hydrogen-bond acceptors (Lipinski definition) is 6. The summed E-state index contributed by atoms with van der Waals surface area (Å²) in [7, 11) is -6.00. The van der Waals surface area contributed by atoms with Crippen molar-refractivity contribution in [3.05, 3.63) is 53.6 Å². The summed E-state index contributed by atoms with van der Waals surface area (Å²) in [5, 5.41) is -0.474. The summed E-state index contributed by atoms with van der Waals surface area (Å²) in [4.78, 5) is 13.6. The molecule has 0 saturated carbocycles. The molecular weight excluding hydrogens is 440 g/mol. The molecular formula is C18H19ClN2O6S2. The smallest absolute Gasteiger partial charge is 0.241 e. The molecule has 156 valence electrons. The van der Waals surface area contributed by atoms with E-state index in [0.717, 1.165) is 0 Å². The van der Waals surface area contributed by atoms with Crippen LogP contribution in [0.1, 0.15) is 0 Å². The molecule has 0 radical (unpaired) electrons. The van der Waals surface area contributed by atoms with Gasteiger partial charge in [0.1, 0.15) is 11.0 Å². The van der Waals surface area contributed by atoms with Gasteiger partial charge in [-0.1, -0.05) is 17.7 Å². The van der Waals surface area contributed by atoms with Crippen LogP contribution in [0.15, 0.2) is 58.3 Å². The highest BCUT2D eigenvalue weighted by atomic mass is 35.5. The van der Waals surface area contributed by atoms with Crippen molar-refractivity contribution in [1.82, 2.24) is 9.62 Å². The summed E-state index contributed by atoms with van der Waals surface area (Å²) >= 11 is 5.79. The maximum absolute atomic E-state index is 12.6. The average molecular weight is 459 g/mol. The summed E-state index contributed by atoms with van der Waals surface area (Å²) in [5.41, 5.74) is 0. The first-order valence-electron chi connectivity index (χ1n) is 8.54. The van der Waals surface area contributed by atoms with Gasteiger partial charge in [0.05, 0.1) is 23.4 Å². The molecule has 1 N–H and O–H groups in total. The number of halogens is 1. The quantitative estimate of drug-likeness (QED) is 0.669. The van der Waals surface area contributed by atoms with Gasteiger partial charge in [0, 0.05) is 18.1 Å². The molecule has 2 aromatic rings. The largest absolute Gasteiger partial charge is 0.497 e. The van der Waals surface area contributed by atoms with E-state index in [1.807, 2.05) is 0 Å². The topological polar surface area (TPSA) is 110 Å². The molecule has 0 atom stereocenters. The van der Waals surface area contributed by atoms with Crippen LogP contribution in [0.3, 0.4) is 0 Å². The predicted molar refractivity (Wildman–Crippen MR) is 107 cm³/mol. The average Bonchev–Trinajstić information content (AvgIpc) is 2.65. The third-order valence-electron chi connectivity index (χ3n) is 4.55. The van der Waals surface area contributed by atoms with Gasteiger partial charge in [-0.25, -0.2) is 21.6 Å². The molecule has 0 bridgehead atoms. The summed E-state index contributed by atoms with van der Waals surface area (Å²) in [5.74, 6) is 0.0399. The van der Waals surface area contributed by atoms with Crippen LogP contribution in [0.2, 0.25) is 5.02 Å². The maximum Gasteiger partial charge on any atom is 0.241 e. The molecule has 2 aromatic carbocycles. The molecule has 0 unspecified atom stereocenters. The molecule has 29 heavy (non-hydrogen) atoms. The van der Waals surface area contributed by atoms with Gasteiger partial charge in [0.25, 0.3) is 0 Å². The molecule has 1 aliphatic rings. The van der Waals surface area contributed by atoms with Gasteiger partial charge in [0.15, 0.2) is 9.84 Å². The number of ether oxygens (including phenoxy) is 1. The third-order valence-corrected chi connectivity index (χ3v) is 8.29. The van der Waals surface area contributed by atoms with Crippen LogP contribution >= 0.6 is 11.6 Å². The number of sulfone groups is 1. The van der Waals surface area contributed by atoms with Gasteiger partial charge in [-0.3, -0.25) is 4.79 Å². The highest BCUT2D eigenvalue weighted by Gasteiger charge is 2.40. The first kappa shape index (κ1) is 21.6. The van der Waals surface area contributed by atoms with E-state index >= 15 is 0 Å². The molecule has 1 aliphatic heterocycles. The summed E-state index contributed by atoms with van der Waals surface area (Å²) in [6.45, 7) is -0.456. The van der Waals surface area contributed by atoms with Gasteiger partial charge in [-0.15, -0.1) is 0 Å². The molecule has 0 spiro atoms. The van der Waals surface area contributed by atoms with Crippen LogP contribution in [-0.4, -0.2) is 59.6 Å². The summed E-state index contributed by atoms with van der Waals surface area (Å²) in [6.07, 6.45) is 0. The van der Waals surface area contributed by atoms with Gasteiger partial charge in [0.2, 0.25) is 15.9 Å². The Kier molecular flexibility index (Phi) is 6.18. The van der Waals surface area contributed by atoms with E-state index < -0.39 is 37.6 Å². The van der Waals surface area contributed by atoms with Crippen molar-refractivity contribution in [3.63, 3.8) is 0 Å². The lowest BCUT2D eigenvalue weighted by molar-refractivity contribution is -0.133. The van der Waals surface area contributed by atoms with E-state index in [4.69, 9.17) is 16.3 Å². The number of carbonyl (C=O) groups excluding carboxylic acids is 1. The second-order valence-electron chi connectivity index (χ2n) is 6.42.